The van der Waals surface area contributed by atoms with E-state index in [0.717, 1.165) is 6.42 Å². The Bertz CT molecular complexity index is 479. The van der Waals surface area contributed by atoms with Crippen LogP contribution in [0.25, 0.3) is 0 Å². The number of amides is 2. The Labute approximate surface area is 132 Å². The molecule has 0 aliphatic carbocycles. The van der Waals surface area contributed by atoms with Crippen molar-refractivity contribution in [2.24, 2.45) is 5.92 Å². The summed E-state index contributed by atoms with van der Waals surface area (Å²) in [6.07, 6.45) is 2.02. The van der Waals surface area contributed by atoms with Crippen LogP contribution in [0.15, 0.2) is 24.3 Å². The van der Waals surface area contributed by atoms with Gasteiger partial charge < -0.3 is 15.7 Å². The van der Waals surface area contributed by atoms with Gasteiger partial charge in [-0.25, -0.2) is 0 Å². The summed E-state index contributed by atoms with van der Waals surface area (Å²) in [5.41, 5.74) is 1.19. The minimum Gasteiger partial charge on any atom is -0.394 e. The molecule has 5 nitrogen and oxygen atoms in total. The quantitative estimate of drug-likeness (QED) is 0.690. The summed E-state index contributed by atoms with van der Waals surface area (Å²) in [4.78, 5) is 23.7. The van der Waals surface area contributed by atoms with Crippen molar-refractivity contribution in [1.29, 1.82) is 0 Å². The van der Waals surface area contributed by atoms with Gasteiger partial charge in [0.15, 0.2) is 0 Å². The molecule has 0 saturated carbocycles. The molecule has 22 heavy (non-hydrogen) atoms. The van der Waals surface area contributed by atoms with E-state index in [0.29, 0.717) is 30.0 Å². The lowest BCUT2D eigenvalue weighted by Gasteiger charge is -2.14. The van der Waals surface area contributed by atoms with Crippen molar-refractivity contribution < 1.29 is 14.7 Å². The molecule has 2 amide bonds. The number of aliphatic hydroxyl groups is 1. The number of benzene rings is 1. The molecule has 1 unspecified atom stereocenters. The number of hydrogen-bond donors (Lipinski definition) is 3. The normalized spacial score (nSPS) is 12.0. The van der Waals surface area contributed by atoms with Gasteiger partial charge in [0.1, 0.15) is 0 Å². The monoisotopic (exact) mass is 306 g/mol. The van der Waals surface area contributed by atoms with Gasteiger partial charge in [-0.2, -0.15) is 0 Å². The number of nitrogens with one attached hydrogen (secondary N) is 2. The molecule has 0 aliphatic heterocycles. The predicted octanol–water partition coefficient (Wildman–Crippen LogP) is 2.56. The van der Waals surface area contributed by atoms with E-state index in [1.54, 1.807) is 24.3 Å². The largest absolute Gasteiger partial charge is 0.394 e. The van der Waals surface area contributed by atoms with Crippen molar-refractivity contribution in [3.63, 3.8) is 0 Å². The average Bonchev–Trinajstić information content (AvgIpc) is 2.51. The van der Waals surface area contributed by atoms with E-state index in [9.17, 15) is 9.59 Å². The molecular formula is C17H26N2O3. The molecule has 0 aromatic heterocycles. The Morgan fingerprint density at radius 1 is 1.18 bits per heavy atom. The zero-order valence-electron chi connectivity index (χ0n) is 13.6. The topological polar surface area (TPSA) is 78.4 Å². The molecule has 0 radical (unpaired) electrons. The highest BCUT2D eigenvalue weighted by atomic mass is 16.3. The lowest BCUT2D eigenvalue weighted by molar-refractivity contribution is -0.116. The Balaban J connectivity index is 2.55. The molecule has 0 saturated heterocycles. The van der Waals surface area contributed by atoms with E-state index in [1.165, 1.54) is 0 Å². The summed E-state index contributed by atoms with van der Waals surface area (Å²) in [7, 11) is 0. The number of hydrogen-bond acceptors (Lipinski definition) is 3. The summed E-state index contributed by atoms with van der Waals surface area (Å²) >= 11 is 0. The third-order valence-electron chi connectivity index (χ3n) is 3.43. The van der Waals surface area contributed by atoms with Crippen LogP contribution in [0.5, 0.6) is 0 Å². The molecule has 1 aromatic carbocycles. The summed E-state index contributed by atoms with van der Waals surface area (Å²) in [5.74, 6) is 0.255. The van der Waals surface area contributed by atoms with Crippen LogP contribution in [0.1, 0.15) is 50.4 Å². The summed E-state index contributed by atoms with van der Waals surface area (Å²) in [6.45, 7) is 5.98. The first-order valence-corrected chi connectivity index (χ1v) is 7.77. The third-order valence-corrected chi connectivity index (χ3v) is 3.43. The summed E-state index contributed by atoms with van der Waals surface area (Å²) in [6, 6.07) is 6.52. The first-order valence-electron chi connectivity index (χ1n) is 7.77. The van der Waals surface area contributed by atoms with Crippen molar-refractivity contribution in [2.75, 3.05) is 11.9 Å². The molecule has 0 aliphatic rings. The Morgan fingerprint density at radius 2 is 1.82 bits per heavy atom. The first kappa shape index (κ1) is 18.2. The molecule has 0 heterocycles. The van der Waals surface area contributed by atoms with E-state index in [2.05, 4.69) is 24.5 Å². The highest BCUT2D eigenvalue weighted by Gasteiger charge is 2.11. The molecule has 0 spiro atoms. The lowest BCUT2D eigenvalue weighted by atomic mass is 10.1. The molecular weight excluding hydrogens is 280 g/mol. The van der Waals surface area contributed by atoms with Crippen molar-refractivity contribution in [2.45, 2.75) is 46.1 Å². The molecule has 122 valence electrons. The van der Waals surface area contributed by atoms with Crippen LogP contribution in [0.4, 0.5) is 5.69 Å². The minimum atomic E-state index is -0.233. The zero-order chi connectivity index (χ0) is 16.5. The van der Waals surface area contributed by atoms with Crippen molar-refractivity contribution >= 4 is 17.5 Å². The van der Waals surface area contributed by atoms with Gasteiger partial charge in [-0.1, -0.05) is 20.8 Å². The number of carbonyl (C=O) groups is 2. The summed E-state index contributed by atoms with van der Waals surface area (Å²) < 4.78 is 0. The SMILES string of the molecule is CCC(CO)NC(=O)c1ccc(NC(=O)CCC(C)C)cc1. The fraction of sp³-hybridized carbons (Fsp3) is 0.529. The maximum Gasteiger partial charge on any atom is 0.251 e. The van der Waals surface area contributed by atoms with Crippen LogP contribution in [-0.2, 0) is 4.79 Å². The van der Waals surface area contributed by atoms with Gasteiger partial charge >= 0.3 is 0 Å². The number of aliphatic hydroxyl groups excluding tert-OH is 1. The average molecular weight is 306 g/mol. The van der Waals surface area contributed by atoms with Gasteiger partial charge in [-0.15, -0.1) is 0 Å². The van der Waals surface area contributed by atoms with E-state index in [-0.39, 0.29) is 24.5 Å². The highest BCUT2D eigenvalue weighted by molar-refractivity contribution is 5.95. The summed E-state index contributed by atoms with van der Waals surface area (Å²) in [5, 5.41) is 14.7. The van der Waals surface area contributed by atoms with Gasteiger partial charge in [0.2, 0.25) is 5.91 Å². The molecule has 1 aromatic rings. The molecule has 0 fully saturated rings. The van der Waals surface area contributed by atoms with Crippen molar-refractivity contribution in [1.82, 2.24) is 5.32 Å². The van der Waals surface area contributed by atoms with E-state index < -0.39 is 0 Å². The van der Waals surface area contributed by atoms with Gasteiger partial charge in [-0.05, 0) is 43.0 Å². The van der Waals surface area contributed by atoms with Crippen molar-refractivity contribution in [3.8, 4) is 0 Å². The Morgan fingerprint density at radius 3 is 2.32 bits per heavy atom. The maximum atomic E-state index is 12.0. The predicted molar refractivity (Wildman–Crippen MR) is 87.8 cm³/mol. The first-order chi connectivity index (χ1) is 10.5. The molecule has 3 N–H and O–H groups in total. The molecule has 5 heteroatoms. The molecule has 0 bridgehead atoms. The standard InChI is InChI=1S/C17H26N2O3/c1-4-14(11-20)19-17(22)13-6-8-15(9-7-13)18-16(21)10-5-12(2)3/h6-9,12,14,20H,4-5,10-11H2,1-3H3,(H,18,21)(H,19,22). The Hall–Kier alpha value is -1.88. The van der Waals surface area contributed by atoms with Crippen LogP contribution < -0.4 is 10.6 Å². The smallest absolute Gasteiger partial charge is 0.251 e. The van der Waals surface area contributed by atoms with Crippen LogP contribution >= 0.6 is 0 Å². The fourth-order valence-electron chi connectivity index (χ4n) is 1.89. The second-order valence-electron chi connectivity index (χ2n) is 5.82. The van der Waals surface area contributed by atoms with Gasteiger partial charge in [0, 0.05) is 17.7 Å². The number of rotatable bonds is 8. The molecule has 1 atom stereocenters. The fourth-order valence-corrected chi connectivity index (χ4v) is 1.89. The van der Waals surface area contributed by atoms with Gasteiger partial charge in [0.05, 0.1) is 12.6 Å². The highest BCUT2D eigenvalue weighted by Crippen LogP contribution is 2.12. The van der Waals surface area contributed by atoms with E-state index >= 15 is 0 Å². The van der Waals surface area contributed by atoms with Crippen LogP contribution in [0.2, 0.25) is 0 Å². The molecule has 1 rings (SSSR count). The lowest BCUT2D eigenvalue weighted by Crippen LogP contribution is -2.36. The maximum absolute atomic E-state index is 12.0. The van der Waals surface area contributed by atoms with E-state index in [1.807, 2.05) is 6.92 Å². The minimum absolute atomic E-state index is 0.0165. The second-order valence-corrected chi connectivity index (χ2v) is 5.82. The number of carbonyl (C=O) groups excluding carboxylic acids is 2. The Kier molecular flexibility index (Phi) is 7.60. The second kappa shape index (κ2) is 9.20. The van der Waals surface area contributed by atoms with Gasteiger partial charge in [0.25, 0.3) is 5.91 Å². The third kappa shape index (κ3) is 6.26. The number of anilines is 1. The van der Waals surface area contributed by atoms with Gasteiger partial charge in [-0.3, -0.25) is 9.59 Å². The van der Waals surface area contributed by atoms with Crippen LogP contribution in [0.3, 0.4) is 0 Å². The van der Waals surface area contributed by atoms with Crippen LogP contribution in [0, 0.1) is 5.92 Å². The van der Waals surface area contributed by atoms with Crippen LogP contribution in [-0.4, -0.2) is 29.6 Å². The zero-order valence-corrected chi connectivity index (χ0v) is 13.6. The van der Waals surface area contributed by atoms with E-state index in [4.69, 9.17) is 5.11 Å². The van der Waals surface area contributed by atoms with Crippen molar-refractivity contribution in [3.05, 3.63) is 29.8 Å².